The lowest BCUT2D eigenvalue weighted by molar-refractivity contribution is -0.142. The summed E-state index contributed by atoms with van der Waals surface area (Å²) in [6.07, 6.45) is -0.539. The number of carbonyl (C=O) groups excluding carboxylic acids is 3. The second-order valence-corrected chi connectivity index (χ2v) is 14.0. The van der Waals surface area contributed by atoms with E-state index in [0.29, 0.717) is 98.9 Å². The first-order chi connectivity index (χ1) is 26.1. The maximum absolute atomic E-state index is 12.1. The predicted octanol–water partition coefficient (Wildman–Crippen LogP) is 1.36. The number of methoxy groups -OCH3 is 2. The SMILES string of the molecule is CC(C)(C)OC(=O)N1CCNCC1.COCCOCCOCCOCC(=O)N1CCN(C(=O)OC(C)(C)C)CC1.COCCOCCOCCOCC(=O)O. The summed E-state index contributed by atoms with van der Waals surface area (Å²) in [4.78, 5) is 50.7. The van der Waals surface area contributed by atoms with E-state index in [2.05, 4.69) is 5.32 Å². The number of rotatable bonds is 22. The van der Waals surface area contributed by atoms with Crippen LogP contribution in [0.4, 0.5) is 9.59 Å². The summed E-state index contributed by atoms with van der Waals surface area (Å²) in [5.74, 6) is -1.06. The van der Waals surface area contributed by atoms with Crippen molar-refractivity contribution >= 4 is 24.1 Å². The summed E-state index contributed by atoms with van der Waals surface area (Å²) in [5, 5.41) is 11.4. The average molecular weight is 799 g/mol. The average Bonchev–Trinajstić information content (AvgIpc) is 3.12. The molecule has 2 N–H and O–H groups in total. The Labute approximate surface area is 327 Å². The summed E-state index contributed by atoms with van der Waals surface area (Å²) in [7, 11) is 3.24. The smallest absolute Gasteiger partial charge is 0.410 e. The highest BCUT2D eigenvalue weighted by Crippen LogP contribution is 2.12. The Morgan fingerprint density at radius 3 is 1.18 bits per heavy atom. The highest BCUT2D eigenvalue weighted by atomic mass is 16.6. The molecule has 0 aliphatic carbocycles. The first kappa shape index (κ1) is 52.1. The lowest BCUT2D eigenvalue weighted by atomic mass is 10.2. The van der Waals surface area contributed by atoms with E-state index in [0.717, 1.165) is 26.2 Å². The van der Waals surface area contributed by atoms with Gasteiger partial charge in [0.2, 0.25) is 5.91 Å². The molecule has 2 heterocycles. The maximum Gasteiger partial charge on any atom is 0.410 e. The van der Waals surface area contributed by atoms with Crippen molar-refractivity contribution in [2.75, 3.05) is 159 Å². The van der Waals surface area contributed by atoms with Crippen LogP contribution in [-0.4, -0.2) is 214 Å². The minimum absolute atomic E-state index is 0.0140. The monoisotopic (exact) mass is 798 g/mol. The molecular formula is C36H70N4O15. The molecule has 55 heavy (non-hydrogen) atoms. The van der Waals surface area contributed by atoms with Crippen molar-refractivity contribution in [1.29, 1.82) is 0 Å². The number of nitrogens with zero attached hydrogens (tertiary/aromatic N) is 3. The number of carboxylic acid groups (broad SMARTS) is 1. The summed E-state index contributed by atoms with van der Waals surface area (Å²) in [6, 6.07) is 0. The highest BCUT2D eigenvalue weighted by molar-refractivity contribution is 5.78. The van der Waals surface area contributed by atoms with E-state index >= 15 is 0 Å². The van der Waals surface area contributed by atoms with Crippen molar-refractivity contribution in [1.82, 2.24) is 20.0 Å². The van der Waals surface area contributed by atoms with Crippen LogP contribution in [0.3, 0.4) is 0 Å². The van der Waals surface area contributed by atoms with Crippen LogP contribution in [0.2, 0.25) is 0 Å². The summed E-state index contributed by atoms with van der Waals surface area (Å²) in [5.41, 5.74) is -0.905. The van der Waals surface area contributed by atoms with E-state index in [9.17, 15) is 19.2 Å². The highest BCUT2D eigenvalue weighted by Gasteiger charge is 2.27. The van der Waals surface area contributed by atoms with Gasteiger partial charge in [-0.2, -0.15) is 0 Å². The Morgan fingerprint density at radius 2 is 0.818 bits per heavy atom. The molecular weight excluding hydrogens is 728 g/mol. The molecule has 0 spiro atoms. The Kier molecular flexibility index (Phi) is 30.5. The molecule has 3 amide bonds. The van der Waals surface area contributed by atoms with Gasteiger partial charge in [0.1, 0.15) is 24.4 Å². The van der Waals surface area contributed by atoms with Gasteiger partial charge in [-0.15, -0.1) is 0 Å². The lowest BCUT2D eigenvalue weighted by Crippen LogP contribution is -2.52. The molecule has 0 saturated carbocycles. The van der Waals surface area contributed by atoms with Crippen molar-refractivity contribution in [3.63, 3.8) is 0 Å². The number of carboxylic acids is 1. The van der Waals surface area contributed by atoms with Gasteiger partial charge in [-0.1, -0.05) is 0 Å². The zero-order valence-electron chi connectivity index (χ0n) is 34.6. The Morgan fingerprint density at radius 1 is 0.491 bits per heavy atom. The molecule has 2 saturated heterocycles. The van der Waals surface area contributed by atoms with Crippen molar-refractivity contribution < 1.29 is 71.7 Å². The minimum Gasteiger partial charge on any atom is -0.480 e. The van der Waals surface area contributed by atoms with Crippen LogP contribution in [0.1, 0.15) is 41.5 Å². The van der Waals surface area contributed by atoms with E-state index in [1.165, 1.54) is 0 Å². The molecule has 2 fully saturated rings. The van der Waals surface area contributed by atoms with Gasteiger partial charge in [0.25, 0.3) is 0 Å². The Hall–Kier alpha value is -2.88. The third-order valence-corrected chi connectivity index (χ3v) is 6.86. The van der Waals surface area contributed by atoms with Crippen LogP contribution in [0.25, 0.3) is 0 Å². The molecule has 0 atom stereocenters. The van der Waals surface area contributed by atoms with Crippen LogP contribution >= 0.6 is 0 Å². The molecule has 0 aromatic heterocycles. The minimum atomic E-state index is -0.974. The number of nitrogens with one attached hydrogen (secondary N) is 1. The van der Waals surface area contributed by atoms with Gasteiger partial charge >= 0.3 is 18.2 Å². The summed E-state index contributed by atoms with van der Waals surface area (Å²) in [6.45, 7) is 21.6. The summed E-state index contributed by atoms with van der Waals surface area (Å²) < 4.78 is 51.2. The van der Waals surface area contributed by atoms with Crippen molar-refractivity contribution in [3.05, 3.63) is 0 Å². The van der Waals surface area contributed by atoms with Crippen molar-refractivity contribution in [2.45, 2.75) is 52.7 Å². The molecule has 2 aliphatic heterocycles. The molecule has 19 nitrogen and oxygen atoms in total. The molecule has 2 aliphatic rings. The molecule has 2 rings (SSSR count). The van der Waals surface area contributed by atoms with E-state index in [1.807, 2.05) is 41.5 Å². The predicted molar refractivity (Wildman–Crippen MR) is 201 cm³/mol. The Balaban J connectivity index is 0.000000877. The fourth-order valence-corrected chi connectivity index (χ4v) is 4.21. The molecule has 0 radical (unpaired) electrons. The Bertz CT molecular complexity index is 997. The van der Waals surface area contributed by atoms with Gasteiger partial charge in [-0.25, -0.2) is 14.4 Å². The second kappa shape index (κ2) is 32.2. The third-order valence-electron chi connectivity index (χ3n) is 6.86. The first-order valence-electron chi connectivity index (χ1n) is 18.7. The fourth-order valence-electron chi connectivity index (χ4n) is 4.21. The van der Waals surface area contributed by atoms with Crippen LogP contribution in [0, 0.1) is 0 Å². The van der Waals surface area contributed by atoms with Crippen LogP contribution in [0.15, 0.2) is 0 Å². The van der Waals surface area contributed by atoms with E-state index in [-0.39, 0.29) is 43.5 Å². The van der Waals surface area contributed by atoms with Gasteiger partial charge in [-0.05, 0) is 41.5 Å². The van der Waals surface area contributed by atoms with Gasteiger partial charge in [-0.3, -0.25) is 4.79 Å². The molecule has 0 aromatic carbocycles. The zero-order chi connectivity index (χ0) is 41.4. The topological polar surface area (TPSA) is 203 Å². The van der Waals surface area contributed by atoms with Gasteiger partial charge in [0, 0.05) is 66.6 Å². The normalized spacial score (nSPS) is 14.7. The number of amides is 3. The molecule has 324 valence electrons. The number of piperazine rings is 2. The molecule has 19 heteroatoms. The van der Waals surface area contributed by atoms with Crippen molar-refractivity contribution in [3.8, 4) is 0 Å². The van der Waals surface area contributed by atoms with Crippen LogP contribution in [-0.2, 0) is 57.0 Å². The number of carbonyl (C=O) groups is 4. The van der Waals surface area contributed by atoms with Crippen molar-refractivity contribution in [2.24, 2.45) is 0 Å². The van der Waals surface area contributed by atoms with Gasteiger partial charge in [0.15, 0.2) is 0 Å². The number of hydrogen-bond acceptors (Lipinski definition) is 15. The molecule has 0 unspecified atom stereocenters. The largest absolute Gasteiger partial charge is 0.480 e. The second-order valence-electron chi connectivity index (χ2n) is 14.0. The van der Waals surface area contributed by atoms with E-state index < -0.39 is 11.6 Å². The standard InChI is InChI=1S/C18H34N2O7.C9H18N2O2.C9H18O6/c1-18(2,3)27-17(22)20-7-5-19(6-8-20)16(21)15-26-14-13-25-12-11-24-10-9-23-4;1-9(2,3)13-8(12)11-6-4-10-5-7-11;1-12-2-3-13-4-5-14-6-7-15-8-9(10)11/h5-15H2,1-4H3;10H,4-7H2,1-3H3;2-8H2,1H3,(H,10,11). The van der Waals surface area contributed by atoms with Crippen LogP contribution in [0.5, 0.6) is 0 Å². The van der Waals surface area contributed by atoms with Gasteiger partial charge in [0.05, 0.1) is 79.3 Å². The summed E-state index contributed by atoms with van der Waals surface area (Å²) >= 11 is 0. The fraction of sp³-hybridized carbons (Fsp3) is 0.889. The number of aliphatic carboxylic acids is 1. The number of ether oxygens (including phenoxy) is 10. The van der Waals surface area contributed by atoms with E-state index in [1.54, 1.807) is 28.9 Å². The lowest BCUT2D eigenvalue weighted by Gasteiger charge is -2.35. The first-order valence-corrected chi connectivity index (χ1v) is 18.7. The number of hydrogen-bond donors (Lipinski definition) is 2. The third kappa shape index (κ3) is 33.0. The maximum atomic E-state index is 12.1. The molecule has 0 aromatic rings. The van der Waals surface area contributed by atoms with Crippen LogP contribution < -0.4 is 5.32 Å². The van der Waals surface area contributed by atoms with E-state index in [4.69, 9.17) is 52.5 Å². The quantitative estimate of drug-likeness (QED) is 0.149. The zero-order valence-corrected chi connectivity index (χ0v) is 34.6. The molecule has 0 bridgehead atoms. The van der Waals surface area contributed by atoms with Gasteiger partial charge < -0.3 is 72.5 Å².